The zero-order valence-electron chi connectivity index (χ0n) is 13.0. The van der Waals surface area contributed by atoms with Crippen molar-refractivity contribution in [2.45, 2.75) is 46.1 Å². The van der Waals surface area contributed by atoms with Crippen LogP contribution in [0.2, 0.25) is 0 Å². The first-order chi connectivity index (χ1) is 10.1. The lowest BCUT2D eigenvalue weighted by atomic mass is 10.1. The van der Waals surface area contributed by atoms with Gasteiger partial charge in [-0.3, -0.25) is 4.68 Å². The molecular weight excluding hydrogens is 350 g/mol. The fourth-order valence-corrected chi connectivity index (χ4v) is 3.71. The highest BCUT2D eigenvalue weighted by atomic mass is 79.9. The van der Waals surface area contributed by atoms with Crippen LogP contribution in [0.4, 0.5) is 0 Å². The third-order valence-electron chi connectivity index (χ3n) is 3.54. The smallest absolute Gasteiger partial charge is 0.0801 e. The molecule has 0 fully saturated rings. The molecule has 5 nitrogen and oxygen atoms in total. The Morgan fingerprint density at radius 2 is 2.14 bits per heavy atom. The molecule has 21 heavy (non-hydrogen) atoms. The van der Waals surface area contributed by atoms with E-state index in [1.165, 1.54) is 22.1 Å². The molecule has 0 aliphatic heterocycles. The molecule has 0 aliphatic carbocycles. The van der Waals surface area contributed by atoms with Crippen molar-refractivity contribution in [3.8, 4) is 0 Å². The first-order valence-corrected chi connectivity index (χ1v) is 8.87. The molecule has 2 aromatic rings. The molecule has 0 amide bonds. The lowest BCUT2D eigenvalue weighted by molar-refractivity contribution is 0.514. The van der Waals surface area contributed by atoms with Gasteiger partial charge in [-0.1, -0.05) is 18.3 Å². The van der Waals surface area contributed by atoms with Crippen LogP contribution >= 0.6 is 27.5 Å². The van der Waals surface area contributed by atoms with Crippen LogP contribution in [0.25, 0.3) is 0 Å². The maximum absolute atomic E-state index is 4.48. The molecule has 0 saturated carbocycles. The molecular formula is C14H22BrN5S. The second kappa shape index (κ2) is 7.47. The van der Waals surface area contributed by atoms with Crippen LogP contribution < -0.4 is 5.32 Å². The molecule has 1 unspecified atom stereocenters. The van der Waals surface area contributed by atoms with E-state index in [1.807, 2.05) is 18.7 Å². The lowest BCUT2D eigenvalue weighted by Gasteiger charge is -2.18. The Morgan fingerprint density at radius 3 is 2.71 bits per heavy atom. The zero-order chi connectivity index (χ0) is 15.4. The van der Waals surface area contributed by atoms with Gasteiger partial charge in [-0.15, -0.1) is 5.10 Å². The lowest BCUT2D eigenvalue weighted by Crippen LogP contribution is -2.25. The van der Waals surface area contributed by atoms with E-state index in [4.69, 9.17) is 0 Å². The summed E-state index contributed by atoms with van der Waals surface area (Å²) >= 11 is 5.16. The monoisotopic (exact) mass is 371 g/mol. The molecule has 0 aliphatic rings. The van der Waals surface area contributed by atoms with E-state index >= 15 is 0 Å². The predicted octanol–water partition coefficient (Wildman–Crippen LogP) is 3.19. The van der Waals surface area contributed by atoms with Gasteiger partial charge in [0.25, 0.3) is 0 Å². The van der Waals surface area contributed by atoms with Crippen LogP contribution in [-0.2, 0) is 19.9 Å². The highest BCUT2D eigenvalue weighted by Crippen LogP contribution is 2.29. The minimum absolute atomic E-state index is 0.242. The van der Waals surface area contributed by atoms with Gasteiger partial charge in [-0.2, -0.15) is 5.10 Å². The molecule has 0 radical (unpaired) electrons. The summed E-state index contributed by atoms with van der Waals surface area (Å²) in [6.07, 6.45) is 2.91. The van der Waals surface area contributed by atoms with Crippen LogP contribution in [0.3, 0.4) is 0 Å². The second-order valence-corrected chi connectivity index (χ2v) is 6.70. The zero-order valence-corrected chi connectivity index (χ0v) is 15.4. The van der Waals surface area contributed by atoms with Gasteiger partial charge in [0.15, 0.2) is 0 Å². The van der Waals surface area contributed by atoms with E-state index in [-0.39, 0.29) is 6.04 Å². The minimum Gasteiger partial charge on any atom is -0.309 e. The van der Waals surface area contributed by atoms with Gasteiger partial charge >= 0.3 is 0 Å². The number of aromatic nitrogens is 4. The summed E-state index contributed by atoms with van der Waals surface area (Å²) in [6.45, 7) is 7.31. The first kappa shape index (κ1) is 16.6. The standard InChI is InChI=1S/C14H22BrN5S/c1-5-7-16-11(14-10(6-2)17-19-21-14)8-12-13(15)9(3)18-20(12)4/h11,16H,5-8H2,1-4H3. The van der Waals surface area contributed by atoms with Crippen molar-refractivity contribution in [2.24, 2.45) is 7.05 Å². The third kappa shape index (κ3) is 3.70. The molecule has 2 aromatic heterocycles. The van der Waals surface area contributed by atoms with Crippen LogP contribution in [0.5, 0.6) is 0 Å². The van der Waals surface area contributed by atoms with Crippen molar-refractivity contribution in [3.63, 3.8) is 0 Å². The molecule has 0 spiro atoms. The summed E-state index contributed by atoms with van der Waals surface area (Å²) in [4.78, 5) is 1.25. The normalized spacial score (nSPS) is 12.8. The van der Waals surface area contributed by atoms with Crippen molar-refractivity contribution in [1.82, 2.24) is 24.7 Å². The largest absolute Gasteiger partial charge is 0.309 e. The second-order valence-electron chi connectivity index (χ2n) is 5.12. The highest BCUT2D eigenvalue weighted by molar-refractivity contribution is 9.10. The summed E-state index contributed by atoms with van der Waals surface area (Å²) in [5.41, 5.74) is 3.33. The number of hydrogen-bond acceptors (Lipinski definition) is 5. The van der Waals surface area contributed by atoms with Gasteiger partial charge in [0.05, 0.1) is 32.5 Å². The van der Waals surface area contributed by atoms with Crippen LogP contribution in [-0.4, -0.2) is 25.9 Å². The topological polar surface area (TPSA) is 55.6 Å². The summed E-state index contributed by atoms with van der Waals surface area (Å²) in [7, 11) is 2.00. The van der Waals surface area contributed by atoms with E-state index in [0.717, 1.165) is 41.7 Å². The van der Waals surface area contributed by atoms with Gasteiger partial charge in [0.1, 0.15) is 0 Å². The van der Waals surface area contributed by atoms with Crippen molar-refractivity contribution in [2.75, 3.05) is 6.54 Å². The van der Waals surface area contributed by atoms with Gasteiger partial charge in [-0.05, 0) is 53.8 Å². The van der Waals surface area contributed by atoms with E-state index in [2.05, 4.69) is 49.8 Å². The number of rotatable bonds is 7. The number of aryl methyl sites for hydroxylation is 3. The maximum atomic E-state index is 4.48. The maximum Gasteiger partial charge on any atom is 0.0801 e. The van der Waals surface area contributed by atoms with E-state index in [9.17, 15) is 0 Å². The molecule has 7 heteroatoms. The molecule has 1 atom stereocenters. The Labute approximate surface area is 138 Å². The fraction of sp³-hybridized carbons (Fsp3) is 0.643. The first-order valence-electron chi connectivity index (χ1n) is 7.30. The van der Waals surface area contributed by atoms with Crippen molar-refractivity contribution in [3.05, 3.63) is 26.4 Å². The molecule has 1 N–H and O–H groups in total. The van der Waals surface area contributed by atoms with Gasteiger partial charge in [0, 0.05) is 13.5 Å². The Bertz CT molecular complexity index is 592. The predicted molar refractivity (Wildman–Crippen MR) is 89.7 cm³/mol. The molecule has 0 bridgehead atoms. The van der Waals surface area contributed by atoms with Crippen LogP contribution in [0.15, 0.2) is 4.47 Å². The molecule has 2 rings (SSSR count). The Morgan fingerprint density at radius 1 is 1.38 bits per heavy atom. The Kier molecular flexibility index (Phi) is 5.89. The van der Waals surface area contributed by atoms with Crippen LogP contribution in [0, 0.1) is 6.92 Å². The van der Waals surface area contributed by atoms with E-state index in [0.29, 0.717) is 0 Å². The number of nitrogens with zero attached hydrogens (tertiary/aromatic N) is 4. The van der Waals surface area contributed by atoms with Crippen LogP contribution in [0.1, 0.15) is 48.3 Å². The fourth-order valence-electron chi connectivity index (χ4n) is 2.40. The Hall–Kier alpha value is -0.790. The molecule has 116 valence electrons. The average molecular weight is 372 g/mol. The summed E-state index contributed by atoms with van der Waals surface area (Å²) in [6, 6.07) is 0.242. The van der Waals surface area contributed by atoms with Gasteiger partial charge in [-0.25, -0.2) is 0 Å². The number of nitrogens with one attached hydrogen (secondary N) is 1. The molecule has 0 aromatic carbocycles. The molecule has 2 heterocycles. The van der Waals surface area contributed by atoms with Crippen molar-refractivity contribution >= 4 is 27.5 Å². The van der Waals surface area contributed by atoms with Gasteiger partial charge in [0.2, 0.25) is 0 Å². The third-order valence-corrected chi connectivity index (χ3v) is 5.45. The minimum atomic E-state index is 0.242. The highest BCUT2D eigenvalue weighted by Gasteiger charge is 2.22. The SMILES string of the molecule is CCCNC(Cc1c(Br)c(C)nn1C)c1snnc1CC. The summed E-state index contributed by atoms with van der Waals surface area (Å²) in [5.74, 6) is 0. The summed E-state index contributed by atoms with van der Waals surface area (Å²) in [5, 5.41) is 12.4. The van der Waals surface area contributed by atoms with Crippen molar-refractivity contribution < 1.29 is 0 Å². The van der Waals surface area contributed by atoms with Crippen molar-refractivity contribution in [1.29, 1.82) is 0 Å². The Balaban J connectivity index is 2.28. The van der Waals surface area contributed by atoms with Gasteiger partial charge < -0.3 is 5.32 Å². The molecule has 0 saturated heterocycles. The quantitative estimate of drug-likeness (QED) is 0.811. The van der Waals surface area contributed by atoms with E-state index < -0.39 is 0 Å². The number of hydrogen-bond donors (Lipinski definition) is 1. The number of halogens is 1. The average Bonchev–Trinajstić information content (AvgIpc) is 3.02. The summed E-state index contributed by atoms with van der Waals surface area (Å²) < 4.78 is 7.19. The van der Waals surface area contributed by atoms with E-state index in [1.54, 1.807) is 0 Å².